The summed E-state index contributed by atoms with van der Waals surface area (Å²) in [6.45, 7) is 5.65. The van der Waals surface area contributed by atoms with Crippen LogP contribution in [0.3, 0.4) is 0 Å². The Hall–Kier alpha value is -3.33. The zero-order chi connectivity index (χ0) is 23.3. The van der Waals surface area contributed by atoms with Crippen LogP contribution in [0, 0.1) is 16.0 Å². The number of para-hydroxylation sites is 3. The van der Waals surface area contributed by atoms with E-state index in [1.54, 1.807) is 24.3 Å². The molecule has 2 aromatic carbocycles. The number of amides is 2. The summed E-state index contributed by atoms with van der Waals surface area (Å²) >= 11 is 6.44. The third kappa shape index (κ3) is 5.47. The Morgan fingerprint density at radius 3 is 2.47 bits per heavy atom. The molecule has 3 rings (SSSR count). The van der Waals surface area contributed by atoms with E-state index >= 15 is 0 Å². The topological polar surface area (TPSA) is 105 Å². The molecule has 1 heterocycles. The molecule has 2 amide bonds. The van der Waals surface area contributed by atoms with Crippen LogP contribution in [0.1, 0.15) is 13.8 Å². The van der Waals surface area contributed by atoms with Crippen LogP contribution in [0.4, 0.5) is 17.1 Å². The lowest BCUT2D eigenvalue weighted by Gasteiger charge is -2.38. The van der Waals surface area contributed by atoms with Crippen molar-refractivity contribution in [1.82, 2.24) is 4.90 Å². The van der Waals surface area contributed by atoms with Crippen LogP contribution in [0.25, 0.3) is 0 Å². The molecule has 0 bridgehead atoms. The number of nitrogens with zero attached hydrogens (tertiary/aromatic N) is 3. The SMILES string of the molecule is CC(C)C(=O)N1CCN(c2c(Cl)cccc2NC(=O)COc2ccccc2[N+](=O)[O-])CC1. The number of carbonyl (C=O) groups is 2. The van der Waals surface area contributed by atoms with Gasteiger partial charge in [0, 0.05) is 38.2 Å². The van der Waals surface area contributed by atoms with E-state index in [2.05, 4.69) is 5.32 Å². The molecular weight excluding hydrogens is 436 g/mol. The predicted molar refractivity (Wildman–Crippen MR) is 122 cm³/mol. The number of hydrogen-bond donors (Lipinski definition) is 1. The fourth-order valence-corrected chi connectivity index (χ4v) is 3.81. The van der Waals surface area contributed by atoms with Crippen LogP contribution >= 0.6 is 11.6 Å². The largest absolute Gasteiger partial charge is 0.477 e. The van der Waals surface area contributed by atoms with Crippen LogP contribution in [-0.2, 0) is 9.59 Å². The summed E-state index contributed by atoms with van der Waals surface area (Å²) < 4.78 is 5.37. The minimum absolute atomic E-state index is 0.0184. The molecule has 0 aromatic heterocycles. The summed E-state index contributed by atoms with van der Waals surface area (Å²) in [5.74, 6) is -0.396. The first-order chi connectivity index (χ1) is 15.3. The lowest BCUT2D eigenvalue weighted by Crippen LogP contribution is -2.50. The first kappa shape index (κ1) is 23.3. The van der Waals surface area contributed by atoms with Crippen LogP contribution in [-0.4, -0.2) is 54.4 Å². The maximum absolute atomic E-state index is 12.5. The van der Waals surface area contributed by atoms with Crippen molar-refractivity contribution in [2.45, 2.75) is 13.8 Å². The number of ether oxygens (including phenoxy) is 1. The second-order valence-electron chi connectivity index (χ2n) is 7.66. The van der Waals surface area contributed by atoms with Crippen molar-refractivity contribution in [2.75, 3.05) is 43.0 Å². The van der Waals surface area contributed by atoms with Crippen molar-refractivity contribution >= 4 is 40.5 Å². The molecule has 0 aliphatic carbocycles. The lowest BCUT2D eigenvalue weighted by molar-refractivity contribution is -0.385. The second kappa shape index (κ2) is 10.3. The third-order valence-electron chi connectivity index (χ3n) is 5.08. The Morgan fingerprint density at radius 2 is 1.81 bits per heavy atom. The second-order valence-corrected chi connectivity index (χ2v) is 8.07. The summed E-state index contributed by atoms with van der Waals surface area (Å²) in [5, 5.41) is 14.4. The summed E-state index contributed by atoms with van der Waals surface area (Å²) in [6.07, 6.45) is 0. The van der Waals surface area contributed by atoms with E-state index in [9.17, 15) is 19.7 Å². The smallest absolute Gasteiger partial charge is 0.310 e. The number of nitrogens with one attached hydrogen (secondary N) is 1. The van der Waals surface area contributed by atoms with Gasteiger partial charge in [-0.3, -0.25) is 19.7 Å². The fraction of sp³-hybridized carbons (Fsp3) is 0.364. The van der Waals surface area contributed by atoms with E-state index in [0.29, 0.717) is 42.6 Å². The number of benzene rings is 2. The van der Waals surface area contributed by atoms with Crippen LogP contribution in [0.15, 0.2) is 42.5 Å². The van der Waals surface area contributed by atoms with Gasteiger partial charge in [0.1, 0.15) is 0 Å². The highest BCUT2D eigenvalue weighted by Gasteiger charge is 2.26. The van der Waals surface area contributed by atoms with Crippen molar-refractivity contribution in [2.24, 2.45) is 5.92 Å². The summed E-state index contributed by atoms with van der Waals surface area (Å²) in [7, 11) is 0. The highest BCUT2D eigenvalue weighted by atomic mass is 35.5. The number of carbonyl (C=O) groups excluding carboxylic acids is 2. The Bertz CT molecular complexity index is 1010. The van der Waals surface area contributed by atoms with E-state index in [1.807, 2.05) is 23.6 Å². The first-order valence-electron chi connectivity index (χ1n) is 10.3. The van der Waals surface area contributed by atoms with Gasteiger partial charge >= 0.3 is 5.69 Å². The average molecular weight is 461 g/mol. The molecule has 10 heteroatoms. The molecule has 9 nitrogen and oxygen atoms in total. The zero-order valence-corrected chi connectivity index (χ0v) is 18.7. The number of hydrogen-bond acceptors (Lipinski definition) is 6. The molecule has 1 saturated heterocycles. The van der Waals surface area contributed by atoms with Gasteiger partial charge in [-0.05, 0) is 18.2 Å². The van der Waals surface area contributed by atoms with Gasteiger partial charge in [-0.2, -0.15) is 0 Å². The highest BCUT2D eigenvalue weighted by molar-refractivity contribution is 6.34. The molecule has 0 saturated carbocycles. The van der Waals surface area contributed by atoms with Gasteiger partial charge in [-0.1, -0.05) is 43.6 Å². The molecule has 1 aliphatic heterocycles. The number of piperazine rings is 1. The molecule has 1 N–H and O–H groups in total. The van der Waals surface area contributed by atoms with E-state index in [-0.39, 0.29) is 23.3 Å². The molecule has 0 radical (unpaired) electrons. The maximum Gasteiger partial charge on any atom is 0.310 e. The number of rotatable bonds is 7. The summed E-state index contributed by atoms with van der Waals surface area (Å²) in [4.78, 5) is 39.1. The summed E-state index contributed by atoms with van der Waals surface area (Å²) in [6, 6.07) is 11.1. The minimum Gasteiger partial charge on any atom is -0.477 e. The molecular formula is C22H25ClN4O5. The lowest BCUT2D eigenvalue weighted by atomic mass is 10.1. The van der Waals surface area contributed by atoms with Crippen LogP contribution < -0.4 is 15.0 Å². The standard InChI is InChI=1S/C22H25ClN4O5/c1-15(2)22(29)26-12-10-25(11-13-26)21-16(23)6-5-7-17(21)24-20(28)14-32-19-9-4-3-8-18(19)27(30)31/h3-9,15H,10-14H2,1-2H3,(H,24,28). The van der Waals surface area contributed by atoms with Gasteiger partial charge in [0.25, 0.3) is 5.91 Å². The number of halogens is 1. The molecule has 0 atom stereocenters. The van der Waals surface area contributed by atoms with Crippen LogP contribution in [0.5, 0.6) is 5.75 Å². The van der Waals surface area contributed by atoms with E-state index in [4.69, 9.17) is 16.3 Å². The van der Waals surface area contributed by atoms with Crippen molar-refractivity contribution in [3.8, 4) is 5.75 Å². The number of nitro groups is 1. The molecule has 0 unspecified atom stereocenters. The van der Waals surface area contributed by atoms with E-state index in [0.717, 1.165) is 0 Å². The molecule has 170 valence electrons. The zero-order valence-electron chi connectivity index (χ0n) is 17.9. The van der Waals surface area contributed by atoms with Gasteiger partial charge < -0.3 is 19.9 Å². The Kier molecular flexibility index (Phi) is 7.53. The summed E-state index contributed by atoms with van der Waals surface area (Å²) in [5.41, 5.74) is 0.972. The predicted octanol–water partition coefficient (Wildman–Crippen LogP) is 3.57. The molecule has 32 heavy (non-hydrogen) atoms. The maximum atomic E-state index is 12.5. The number of nitro benzene ring substituents is 1. The highest BCUT2D eigenvalue weighted by Crippen LogP contribution is 2.35. The quantitative estimate of drug-likeness (QED) is 0.500. The third-order valence-corrected chi connectivity index (χ3v) is 5.39. The van der Waals surface area contributed by atoms with Crippen molar-refractivity contribution in [3.05, 3.63) is 57.6 Å². The Balaban J connectivity index is 1.67. The van der Waals surface area contributed by atoms with Crippen LogP contribution in [0.2, 0.25) is 5.02 Å². The van der Waals surface area contributed by atoms with Crippen molar-refractivity contribution in [3.63, 3.8) is 0 Å². The molecule has 2 aromatic rings. The first-order valence-corrected chi connectivity index (χ1v) is 10.6. The molecule has 0 spiro atoms. The monoisotopic (exact) mass is 460 g/mol. The van der Waals surface area contributed by atoms with E-state index < -0.39 is 17.4 Å². The molecule has 1 fully saturated rings. The average Bonchev–Trinajstić information content (AvgIpc) is 2.77. The van der Waals surface area contributed by atoms with Gasteiger partial charge in [-0.25, -0.2) is 0 Å². The number of anilines is 2. The van der Waals surface area contributed by atoms with Gasteiger partial charge in [0.15, 0.2) is 12.4 Å². The van der Waals surface area contributed by atoms with Crippen molar-refractivity contribution in [1.29, 1.82) is 0 Å². The van der Waals surface area contributed by atoms with Gasteiger partial charge in [-0.15, -0.1) is 0 Å². The van der Waals surface area contributed by atoms with Crippen molar-refractivity contribution < 1.29 is 19.2 Å². The normalized spacial score (nSPS) is 13.8. The minimum atomic E-state index is -0.564. The molecule has 1 aliphatic rings. The van der Waals surface area contributed by atoms with E-state index in [1.165, 1.54) is 18.2 Å². The fourth-order valence-electron chi connectivity index (χ4n) is 3.51. The van der Waals surface area contributed by atoms with Gasteiger partial charge in [0.2, 0.25) is 5.91 Å². The Morgan fingerprint density at radius 1 is 1.12 bits per heavy atom. The van der Waals surface area contributed by atoms with Gasteiger partial charge in [0.05, 0.1) is 21.3 Å². The Labute approximate surface area is 191 Å².